The molecule has 0 spiro atoms. The van der Waals surface area contributed by atoms with Gasteiger partial charge in [0, 0.05) is 26.0 Å². The smallest absolute Gasteiger partial charge is 0.456 e. The maximum atomic E-state index is 6.76. The number of benzene rings is 18. The summed E-state index contributed by atoms with van der Waals surface area (Å²) in [5.74, 6) is 0. The summed E-state index contributed by atoms with van der Waals surface area (Å²) in [6.45, 7) is 24.7. The predicted octanol–water partition coefficient (Wildman–Crippen LogP) is 28.7. The first kappa shape index (κ1) is 74.2. The topological polar surface area (TPSA) is 81.7 Å². The Kier molecular flexibility index (Phi) is 17.2. The van der Waals surface area contributed by atoms with Crippen LogP contribution in [0.15, 0.2) is 317 Å². The zero-order valence-corrected chi connectivity index (χ0v) is 69.8. The molecular formula is C106H86B3BrO8. The molecule has 3 fully saturated rings. The Balaban J connectivity index is 0.000000123. The van der Waals surface area contributed by atoms with Crippen molar-refractivity contribution in [2.45, 2.75) is 117 Å². The number of fused-ring (bicyclic) bond motifs is 16. The van der Waals surface area contributed by atoms with Gasteiger partial charge in [0.1, 0.15) is 22.3 Å². The lowest BCUT2D eigenvalue weighted by atomic mass is 9.49. The molecule has 12 heteroatoms. The van der Waals surface area contributed by atoms with Gasteiger partial charge in [0.15, 0.2) is 0 Å². The molecule has 18 aromatic carbocycles. The van der Waals surface area contributed by atoms with Gasteiger partial charge in [-0.2, -0.15) is 0 Å². The van der Waals surface area contributed by atoms with Gasteiger partial charge in [-0.05, 0) is 305 Å². The van der Waals surface area contributed by atoms with E-state index < -0.39 is 32.3 Å². The van der Waals surface area contributed by atoms with E-state index in [0.717, 1.165) is 64.6 Å². The molecule has 5 heterocycles. The summed E-state index contributed by atoms with van der Waals surface area (Å²) in [5, 5.41) is 28.8. The molecule has 574 valence electrons. The fourth-order valence-corrected chi connectivity index (χ4v) is 19.3. The van der Waals surface area contributed by atoms with Crippen LogP contribution in [0.4, 0.5) is 0 Å². The van der Waals surface area contributed by atoms with Crippen molar-refractivity contribution in [2.24, 2.45) is 0 Å². The summed E-state index contributed by atoms with van der Waals surface area (Å²) in [6.07, 6.45) is 0. The lowest BCUT2D eigenvalue weighted by Gasteiger charge is -2.32. The molecule has 0 atom stereocenters. The standard InChI is InChI=1S/C50H37BO3.C44H25BrO.C12H24B2O4/c1-49(2)50(3,4)54-51(53-49)48-39-23-13-11-21-37(39)47(38-22-12-14-24-40(38)48)46-35-19-9-7-17-33(35)45(34-18-8-10-20-36(34)46)32-25-26-43-41(28-32)42-27-30-15-5-6-16-31(30)29-44(42)52-43;45-44-35-19-9-7-17-33(35)43(34-18-8-10-20-36(34)44)42-31-15-5-3-13-29(31)41(30-14-4-6-16-32(30)42)28-21-22-39-37(24-28)38-23-26-11-1-2-12-27(26)25-40(38)46-39;1-9(2)10(3,4)16-13(15-9)14-17-11(5,6)12(7,8)18-14/h5-29H,1-4H3;1-25H;1-8H3. The van der Waals surface area contributed by atoms with Gasteiger partial charge in [0.25, 0.3) is 0 Å². The van der Waals surface area contributed by atoms with Gasteiger partial charge >= 0.3 is 21.1 Å². The van der Waals surface area contributed by atoms with Crippen LogP contribution in [0.2, 0.25) is 0 Å². The lowest BCUT2D eigenvalue weighted by Crippen LogP contribution is -2.41. The van der Waals surface area contributed by atoms with Gasteiger partial charge in [-0.25, -0.2) is 0 Å². The maximum absolute atomic E-state index is 6.76. The highest BCUT2D eigenvalue weighted by molar-refractivity contribution is 9.10. The number of hydrogen-bond donors (Lipinski definition) is 0. The van der Waals surface area contributed by atoms with Crippen LogP contribution < -0.4 is 5.46 Å². The first-order valence-corrected chi connectivity index (χ1v) is 41.9. The SMILES string of the molecule is Brc1c2ccccc2c(-c2c3ccccc3c(-c3ccc4oc5cc6ccccc6cc5c4c3)c3ccccc23)c2ccccc12.CC1(C)OB(B2OC(C)(C)C(C)(C)O2)OC1(C)C.CC1(C)OB(c2c3ccccc3c(-c3c4ccccc4c(-c4ccc5oc6cc7ccccc7cc6c5c4)c4ccccc34)c3ccccc23)OC1(C)C. The summed E-state index contributed by atoms with van der Waals surface area (Å²) in [7, 11) is -1.45. The van der Waals surface area contributed by atoms with Crippen molar-refractivity contribution >= 4 is 194 Å². The van der Waals surface area contributed by atoms with Crippen molar-refractivity contribution in [3.8, 4) is 44.5 Å². The van der Waals surface area contributed by atoms with Gasteiger partial charge in [0.2, 0.25) is 0 Å². The summed E-state index contributed by atoms with van der Waals surface area (Å²) in [6, 6.07) is 110. The lowest BCUT2D eigenvalue weighted by molar-refractivity contribution is 0.00578. The van der Waals surface area contributed by atoms with Gasteiger partial charge < -0.3 is 36.8 Å². The molecule has 0 bridgehead atoms. The first-order valence-electron chi connectivity index (χ1n) is 41.1. The van der Waals surface area contributed by atoms with Gasteiger partial charge in [-0.3, -0.25) is 0 Å². The van der Waals surface area contributed by atoms with Crippen molar-refractivity contribution in [1.82, 2.24) is 0 Å². The van der Waals surface area contributed by atoms with E-state index in [1.165, 1.54) is 141 Å². The van der Waals surface area contributed by atoms with Crippen LogP contribution in [-0.4, -0.2) is 54.7 Å². The van der Waals surface area contributed by atoms with Crippen LogP contribution in [0.3, 0.4) is 0 Å². The normalized spacial score (nSPS) is 16.7. The molecule has 2 aromatic heterocycles. The van der Waals surface area contributed by atoms with E-state index in [1.54, 1.807) is 0 Å². The second kappa shape index (κ2) is 27.3. The molecule has 23 rings (SSSR count). The first-order chi connectivity index (χ1) is 56.9. The van der Waals surface area contributed by atoms with Crippen LogP contribution >= 0.6 is 15.9 Å². The molecule has 0 radical (unpaired) electrons. The van der Waals surface area contributed by atoms with Crippen LogP contribution in [0.25, 0.3) is 196 Å². The second-order valence-corrected chi connectivity index (χ2v) is 36.0. The van der Waals surface area contributed by atoms with E-state index in [1.807, 2.05) is 55.4 Å². The van der Waals surface area contributed by atoms with Crippen molar-refractivity contribution in [2.75, 3.05) is 0 Å². The Labute approximate surface area is 695 Å². The third kappa shape index (κ3) is 11.7. The quantitative estimate of drug-likeness (QED) is 0.120. The molecule has 0 amide bonds. The molecule has 3 aliphatic rings. The molecule has 8 nitrogen and oxygen atoms in total. The monoisotopic (exact) mass is 1600 g/mol. The largest absolute Gasteiger partial charge is 0.496 e. The Morgan fingerprint density at radius 3 is 0.720 bits per heavy atom. The van der Waals surface area contributed by atoms with E-state index in [-0.39, 0.29) is 22.4 Å². The Hall–Kier alpha value is -11.4. The Bertz CT molecular complexity index is 7290. The van der Waals surface area contributed by atoms with Crippen molar-refractivity contribution in [3.63, 3.8) is 0 Å². The highest BCUT2D eigenvalue weighted by atomic mass is 79.9. The van der Waals surface area contributed by atoms with Crippen molar-refractivity contribution in [3.05, 3.63) is 308 Å². The summed E-state index contributed by atoms with van der Waals surface area (Å²) in [5.41, 5.74) is 12.2. The van der Waals surface area contributed by atoms with Crippen molar-refractivity contribution < 1.29 is 36.8 Å². The van der Waals surface area contributed by atoms with Crippen LogP contribution in [-0.2, 0) is 27.9 Å². The Morgan fingerprint density at radius 1 is 0.203 bits per heavy atom. The van der Waals surface area contributed by atoms with E-state index >= 15 is 0 Å². The average Bonchev–Trinajstić information content (AvgIpc) is 0.873. The molecule has 3 saturated heterocycles. The van der Waals surface area contributed by atoms with E-state index in [9.17, 15) is 0 Å². The van der Waals surface area contributed by atoms with Crippen LogP contribution in [0.5, 0.6) is 0 Å². The number of furan rings is 2. The van der Waals surface area contributed by atoms with Crippen molar-refractivity contribution in [1.29, 1.82) is 0 Å². The third-order valence-corrected chi connectivity index (χ3v) is 27.6. The third-order valence-electron chi connectivity index (χ3n) is 26.7. The molecule has 0 unspecified atom stereocenters. The van der Waals surface area contributed by atoms with E-state index in [2.05, 4.69) is 347 Å². The fourth-order valence-electron chi connectivity index (χ4n) is 18.6. The summed E-state index contributed by atoms with van der Waals surface area (Å²) in [4.78, 5) is 0. The molecule has 20 aromatic rings. The zero-order valence-electron chi connectivity index (χ0n) is 68.2. The van der Waals surface area contributed by atoms with Gasteiger partial charge in [-0.15, -0.1) is 0 Å². The average molecular weight is 1600 g/mol. The minimum atomic E-state index is -0.498. The minimum Gasteiger partial charge on any atom is -0.456 e. The molecule has 3 aliphatic heterocycles. The molecular weight excluding hydrogens is 1510 g/mol. The summed E-state index contributed by atoms with van der Waals surface area (Å²) < 4.78 is 51.3. The van der Waals surface area contributed by atoms with E-state index in [0.29, 0.717) is 0 Å². The minimum absolute atomic E-state index is 0.360. The number of hydrogen-bond acceptors (Lipinski definition) is 8. The highest BCUT2D eigenvalue weighted by Crippen LogP contribution is 2.53. The predicted molar refractivity (Wildman–Crippen MR) is 500 cm³/mol. The van der Waals surface area contributed by atoms with Crippen LogP contribution in [0.1, 0.15) is 83.1 Å². The second-order valence-electron chi connectivity index (χ2n) is 35.2. The zero-order chi connectivity index (χ0) is 80.7. The number of rotatable bonds is 6. The van der Waals surface area contributed by atoms with E-state index in [4.69, 9.17) is 36.8 Å². The summed E-state index contributed by atoms with van der Waals surface area (Å²) >= 11 is 3.97. The fraction of sp³-hybridized carbons (Fsp3) is 0.170. The Morgan fingerprint density at radius 2 is 0.424 bits per heavy atom. The highest BCUT2D eigenvalue weighted by Gasteiger charge is 2.64. The van der Waals surface area contributed by atoms with Gasteiger partial charge in [-0.1, -0.05) is 255 Å². The van der Waals surface area contributed by atoms with Crippen LogP contribution in [0, 0.1) is 0 Å². The molecule has 0 saturated carbocycles. The molecule has 0 aliphatic carbocycles. The maximum Gasteiger partial charge on any atom is 0.496 e. The number of halogens is 1. The molecule has 118 heavy (non-hydrogen) atoms. The molecule has 0 N–H and O–H groups in total. The van der Waals surface area contributed by atoms with Gasteiger partial charge in [0.05, 0.1) is 33.6 Å².